The van der Waals surface area contributed by atoms with E-state index in [-0.39, 0.29) is 4.70 Å². The molecular weight excluding hydrogens is 229 g/mol. The summed E-state index contributed by atoms with van der Waals surface area (Å²) in [7, 11) is 0. The van der Waals surface area contributed by atoms with Crippen LogP contribution in [0.25, 0.3) is 10.1 Å². The summed E-state index contributed by atoms with van der Waals surface area (Å²) >= 11 is 6.84. The van der Waals surface area contributed by atoms with E-state index in [1.54, 1.807) is 5.38 Å². The summed E-state index contributed by atoms with van der Waals surface area (Å²) in [6, 6.07) is 2.50. The third kappa shape index (κ3) is 1.25. The number of nitro groups is 1. The van der Waals surface area contributed by atoms with Gasteiger partial charge in [0.1, 0.15) is 4.70 Å². The van der Waals surface area contributed by atoms with Crippen molar-refractivity contribution < 1.29 is 9.31 Å². The van der Waals surface area contributed by atoms with Gasteiger partial charge in [0.2, 0.25) is 5.82 Å². The second-order valence-corrected chi connectivity index (χ2v) is 3.90. The standard InChI is InChI=1S/C8H3ClFNO2S/c9-5-3-14-8-4(5)1-2-6(10)7(8)11(12)13/h1-3H. The second kappa shape index (κ2) is 3.18. The van der Waals surface area contributed by atoms with Crippen LogP contribution in [-0.2, 0) is 0 Å². The Kier molecular flexibility index (Phi) is 2.13. The Morgan fingerprint density at radius 1 is 1.50 bits per heavy atom. The maximum absolute atomic E-state index is 13.1. The van der Waals surface area contributed by atoms with Gasteiger partial charge in [-0.05, 0) is 12.1 Å². The monoisotopic (exact) mass is 231 g/mol. The molecule has 0 aliphatic rings. The molecule has 1 aromatic heterocycles. The van der Waals surface area contributed by atoms with Crippen molar-refractivity contribution >= 4 is 38.7 Å². The van der Waals surface area contributed by atoms with Crippen molar-refractivity contribution in [3.63, 3.8) is 0 Å². The van der Waals surface area contributed by atoms with Crippen LogP contribution in [0.5, 0.6) is 0 Å². The van der Waals surface area contributed by atoms with Crippen LogP contribution in [0.4, 0.5) is 10.1 Å². The van der Waals surface area contributed by atoms with Crippen LogP contribution in [0.2, 0.25) is 5.02 Å². The molecule has 0 atom stereocenters. The van der Waals surface area contributed by atoms with Crippen molar-refractivity contribution in [2.24, 2.45) is 0 Å². The van der Waals surface area contributed by atoms with Gasteiger partial charge in [-0.15, -0.1) is 11.3 Å². The molecule has 14 heavy (non-hydrogen) atoms. The summed E-state index contributed by atoms with van der Waals surface area (Å²) in [5.41, 5.74) is -0.501. The lowest BCUT2D eigenvalue weighted by Gasteiger charge is -1.95. The number of halogens is 2. The lowest BCUT2D eigenvalue weighted by Crippen LogP contribution is -1.91. The Balaban J connectivity index is 2.90. The van der Waals surface area contributed by atoms with E-state index >= 15 is 0 Å². The molecule has 1 aromatic carbocycles. The van der Waals surface area contributed by atoms with E-state index < -0.39 is 16.4 Å². The number of fused-ring (bicyclic) bond motifs is 1. The maximum atomic E-state index is 13.1. The fourth-order valence-corrected chi connectivity index (χ4v) is 2.48. The van der Waals surface area contributed by atoms with Gasteiger partial charge in [-0.1, -0.05) is 11.6 Å². The van der Waals surface area contributed by atoms with Crippen molar-refractivity contribution in [1.82, 2.24) is 0 Å². The van der Waals surface area contributed by atoms with Gasteiger partial charge < -0.3 is 0 Å². The molecule has 0 aliphatic heterocycles. The fourth-order valence-electron chi connectivity index (χ4n) is 1.20. The van der Waals surface area contributed by atoms with E-state index in [0.29, 0.717) is 10.4 Å². The molecule has 3 nitrogen and oxygen atoms in total. The van der Waals surface area contributed by atoms with Crippen LogP contribution in [0.1, 0.15) is 0 Å². The van der Waals surface area contributed by atoms with Crippen molar-refractivity contribution in [3.8, 4) is 0 Å². The van der Waals surface area contributed by atoms with Gasteiger partial charge in [-0.3, -0.25) is 10.1 Å². The first-order valence-electron chi connectivity index (χ1n) is 3.61. The third-order valence-electron chi connectivity index (χ3n) is 1.80. The molecule has 1 heterocycles. The lowest BCUT2D eigenvalue weighted by atomic mass is 10.2. The molecule has 0 amide bonds. The van der Waals surface area contributed by atoms with Crippen LogP contribution in [0.3, 0.4) is 0 Å². The van der Waals surface area contributed by atoms with Gasteiger partial charge in [-0.25, -0.2) is 0 Å². The first-order valence-corrected chi connectivity index (χ1v) is 4.86. The smallest absolute Gasteiger partial charge is 0.258 e. The van der Waals surface area contributed by atoms with E-state index in [9.17, 15) is 14.5 Å². The predicted molar refractivity (Wildman–Crippen MR) is 53.4 cm³/mol. The van der Waals surface area contributed by atoms with Gasteiger partial charge in [0, 0.05) is 10.8 Å². The Labute approximate surface area is 86.9 Å². The highest BCUT2D eigenvalue weighted by Gasteiger charge is 2.20. The van der Waals surface area contributed by atoms with Crippen LogP contribution < -0.4 is 0 Å². The first-order chi connectivity index (χ1) is 6.61. The molecule has 0 saturated carbocycles. The SMILES string of the molecule is O=[N+]([O-])c1c(F)ccc2c(Cl)csc12. The van der Waals surface area contributed by atoms with Crippen molar-refractivity contribution in [3.05, 3.63) is 38.5 Å². The number of thiophene rings is 1. The summed E-state index contributed by atoms with van der Waals surface area (Å²) < 4.78 is 13.4. The van der Waals surface area contributed by atoms with Crippen molar-refractivity contribution in [2.45, 2.75) is 0 Å². The number of nitrogens with zero attached hydrogens (tertiary/aromatic N) is 1. The Morgan fingerprint density at radius 2 is 2.21 bits per heavy atom. The molecule has 0 fully saturated rings. The first kappa shape index (κ1) is 9.36. The summed E-state index contributed by atoms with van der Waals surface area (Å²) in [5, 5.41) is 13.1. The zero-order valence-corrected chi connectivity index (χ0v) is 8.23. The number of hydrogen-bond acceptors (Lipinski definition) is 3. The van der Waals surface area contributed by atoms with E-state index in [4.69, 9.17) is 11.6 Å². The molecule has 72 valence electrons. The minimum atomic E-state index is -0.832. The molecule has 0 saturated heterocycles. The molecule has 0 aliphatic carbocycles. The van der Waals surface area contributed by atoms with Gasteiger partial charge in [0.15, 0.2) is 0 Å². The van der Waals surface area contributed by atoms with Crippen LogP contribution in [0.15, 0.2) is 17.5 Å². The summed E-state index contributed by atoms with van der Waals surface area (Å²) in [6.07, 6.45) is 0. The molecular formula is C8H3ClFNO2S. The quantitative estimate of drug-likeness (QED) is 0.556. The number of hydrogen-bond donors (Lipinski definition) is 0. The highest BCUT2D eigenvalue weighted by molar-refractivity contribution is 7.18. The molecule has 0 bridgehead atoms. The Morgan fingerprint density at radius 3 is 2.86 bits per heavy atom. The lowest BCUT2D eigenvalue weighted by molar-refractivity contribution is -0.385. The summed E-state index contributed by atoms with van der Waals surface area (Å²) in [5.74, 6) is -0.832. The third-order valence-corrected chi connectivity index (χ3v) is 3.25. The highest BCUT2D eigenvalue weighted by Crippen LogP contribution is 2.37. The predicted octanol–water partition coefficient (Wildman–Crippen LogP) is 3.60. The minimum absolute atomic E-state index is 0.278. The molecule has 0 radical (unpaired) electrons. The van der Waals surface area contributed by atoms with E-state index in [1.165, 1.54) is 6.07 Å². The van der Waals surface area contributed by atoms with Crippen LogP contribution in [0, 0.1) is 15.9 Å². The van der Waals surface area contributed by atoms with Crippen LogP contribution in [-0.4, -0.2) is 4.92 Å². The zero-order valence-electron chi connectivity index (χ0n) is 6.66. The zero-order chi connectivity index (χ0) is 10.3. The average Bonchev–Trinajstić information content (AvgIpc) is 2.47. The molecule has 0 N–H and O–H groups in total. The highest BCUT2D eigenvalue weighted by atomic mass is 35.5. The molecule has 0 unspecified atom stereocenters. The number of benzene rings is 1. The van der Waals surface area contributed by atoms with Gasteiger partial charge in [0.25, 0.3) is 0 Å². The molecule has 0 spiro atoms. The molecule has 2 rings (SSSR count). The van der Waals surface area contributed by atoms with Crippen molar-refractivity contribution in [2.75, 3.05) is 0 Å². The molecule has 6 heteroatoms. The van der Waals surface area contributed by atoms with E-state index in [2.05, 4.69) is 0 Å². The number of rotatable bonds is 1. The second-order valence-electron chi connectivity index (χ2n) is 2.61. The topological polar surface area (TPSA) is 43.1 Å². The van der Waals surface area contributed by atoms with E-state index in [1.807, 2.05) is 0 Å². The van der Waals surface area contributed by atoms with Gasteiger partial charge in [-0.2, -0.15) is 4.39 Å². The van der Waals surface area contributed by atoms with Gasteiger partial charge >= 0.3 is 5.69 Å². The fraction of sp³-hybridized carbons (Fsp3) is 0. The van der Waals surface area contributed by atoms with Crippen molar-refractivity contribution in [1.29, 1.82) is 0 Å². The average molecular weight is 232 g/mol. The summed E-state index contributed by atoms with van der Waals surface area (Å²) in [6.45, 7) is 0. The van der Waals surface area contributed by atoms with Crippen LogP contribution >= 0.6 is 22.9 Å². The normalized spacial score (nSPS) is 10.7. The van der Waals surface area contributed by atoms with E-state index in [0.717, 1.165) is 17.4 Å². The van der Waals surface area contributed by atoms with Gasteiger partial charge in [0.05, 0.1) is 9.95 Å². The summed E-state index contributed by atoms with van der Waals surface area (Å²) in [4.78, 5) is 9.84. The minimum Gasteiger partial charge on any atom is -0.258 e. The largest absolute Gasteiger partial charge is 0.322 e. The molecule has 2 aromatic rings. The Hall–Kier alpha value is -1.20. The number of nitro benzene ring substituents is 1. The maximum Gasteiger partial charge on any atom is 0.322 e. The Bertz CT molecular complexity index is 525.